The zero-order chi connectivity index (χ0) is 13.7. The first kappa shape index (κ1) is 14.8. The molecule has 106 valence electrons. The molecule has 0 radical (unpaired) electrons. The third-order valence-corrected chi connectivity index (χ3v) is 4.60. The van der Waals surface area contributed by atoms with Crippen LogP contribution in [-0.2, 0) is 6.42 Å². The van der Waals surface area contributed by atoms with Gasteiger partial charge in [0.25, 0.3) is 0 Å². The monoisotopic (exact) mass is 283 g/mol. The van der Waals surface area contributed by atoms with Gasteiger partial charge in [-0.2, -0.15) is 0 Å². The quantitative estimate of drug-likeness (QED) is 0.798. The minimum atomic E-state index is -0.252. The summed E-state index contributed by atoms with van der Waals surface area (Å²) in [7, 11) is 1.98. The lowest BCUT2D eigenvalue weighted by Gasteiger charge is -2.26. The van der Waals surface area contributed by atoms with E-state index in [1.165, 1.54) is 38.5 Å². The maximum atomic E-state index is 14.0. The average molecular weight is 284 g/mol. The van der Waals surface area contributed by atoms with Crippen LogP contribution in [0.3, 0.4) is 0 Å². The summed E-state index contributed by atoms with van der Waals surface area (Å²) < 4.78 is 14.0. The van der Waals surface area contributed by atoms with Gasteiger partial charge in [0.15, 0.2) is 0 Å². The fraction of sp³-hybridized carbons (Fsp3) is 0.625. The van der Waals surface area contributed by atoms with Gasteiger partial charge in [0, 0.05) is 6.04 Å². The van der Waals surface area contributed by atoms with Crippen molar-refractivity contribution >= 4 is 11.6 Å². The molecule has 1 aliphatic carbocycles. The van der Waals surface area contributed by atoms with Crippen LogP contribution in [0.4, 0.5) is 4.39 Å². The van der Waals surface area contributed by atoms with Crippen LogP contribution in [0.2, 0.25) is 5.02 Å². The van der Waals surface area contributed by atoms with Crippen LogP contribution in [0.5, 0.6) is 0 Å². The van der Waals surface area contributed by atoms with Gasteiger partial charge < -0.3 is 5.32 Å². The Bertz CT molecular complexity index is 400. The predicted octanol–water partition coefficient (Wildman–Crippen LogP) is 4.58. The van der Waals surface area contributed by atoms with E-state index in [4.69, 9.17) is 11.6 Å². The Labute approximate surface area is 120 Å². The largest absolute Gasteiger partial charge is 0.316 e. The summed E-state index contributed by atoms with van der Waals surface area (Å²) in [5.41, 5.74) is 0.732. The minimum absolute atomic E-state index is 0.230. The van der Waals surface area contributed by atoms with Crippen molar-refractivity contribution in [2.45, 2.75) is 51.0 Å². The molecule has 1 aromatic carbocycles. The molecule has 0 bridgehead atoms. The van der Waals surface area contributed by atoms with Crippen molar-refractivity contribution in [1.29, 1.82) is 0 Å². The average Bonchev–Trinajstić information content (AvgIpc) is 2.69. The number of rotatable bonds is 4. The molecule has 1 saturated carbocycles. The van der Waals surface area contributed by atoms with Gasteiger partial charge in [-0.25, -0.2) is 4.39 Å². The second kappa shape index (κ2) is 7.25. The van der Waals surface area contributed by atoms with Gasteiger partial charge in [0.1, 0.15) is 5.82 Å². The Balaban J connectivity index is 2.07. The lowest BCUT2D eigenvalue weighted by atomic mass is 9.87. The predicted molar refractivity (Wildman–Crippen MR) is 79.2 cm³/mol. The summed E-state index contributed by atoms with van der Waals surface area (Å²) in [6, 6.07) is 5.65. The fourth-order valence-corrected chi connectivity index (χ4v) is 3.35. The van der Waals surface area contributed by atoms with Crippen LogP contribution < -0.4 is 5.32 Å². The molecule has 3 heteroatoms. The van der Waals surface area contributed by atoms with Crippen molar-refractivity contribution in [1.82, 2.24) is 5.32 Å². The van der Waals surface area contributed by atoms with Gasteiger partial charge in [-0.3, -0.25) is 0 Å². The molecule has 1 atom stereocenters. The Kier molecular flexibility index (Phi) is 5.65. The lowest BCUT2D eigenvalue weighted by Crippen LogP contribution is -2.35. The van der Waals surface area contributed by atoms with E-state index in [-0.39, 0.29) is 10.8 Å². The molecule has 1 aromatic rings. The van der Waals surface area contributed by atoms with Gasteiger partial charge in [-0.1, -0.05) is 49.4 Å². The molecule has 1 unspecified atom stereocenters. The zero-order valence-electron chi connectivity index (χ0n) is 11.6. The molecule has 0 amide bonds. The highest BCUT2D eigenvalue weighted by Gasteiger charge is 2.23. The van der Waals surface area contributed by atoms with Crippen molar-refractivity contribution in [3.05, 3.63) is 34.6 Å². The summed E-state index contributed by atoms with van der Waals surface area (Å²) in [6.45, 7) is 0. The summed E-state index contributed by atoms with van der Waals surface area (Å²) in [6.07, 6.45) is 8.55. The van der Waals surface area contributed by atoms with Crippen LogP contribution in [0.25, 0.3) is 0 Å². The number of hydrogen-bond donors (Lipinski definition) is 1. The van der Waals surface area contributed by atoms with E-state index in [9.17, 15) is 4.39 Å². The number of nitrogens with one attached hydrogen (secondary N) is 1. The van der Waals surface area contributed by atoms with Crippen molar-refractivity contribution in [2.75, 3.05) is 7.05 Å². The van der Waals surface area contributed by atoms with Crippen molar-refractivity contribution in [3.8, 4) is 0 Å². The van der Waals surface area contributed by atoms with Crippen LogP contribution >= 0.6 is 11.6 Å². The molecule has 0 aromatic heterocycles. The number of likely N-dealkylation sites (N-methyl/N-ethyl adjacent to an activating group) is 1. The second-order valence-electron chi connectivity index (χ2n) is 5.56. The first-order chi connectivity index (χ1) is 9.22. The highest BCUT2D eigenvalue weighted by atomic mass is 35.5. The first-order valence-electron chi connectivity index (χ1n) is 7.32. The maximum Gasteiger partial charge on any atom is 0.145 e. The topological polar surface area (TPSA) is 12.0 Å². The molecule has 0 aliphatic heterocycles. The first-order valence-corrected chi connectivity index (χ1v) is 7.70. The van der Waals surface area contributed by atoms with Gasteiger partial charge >= 0.3 is 0 Å². The lowest BCUT2D eigenvalue weighted by molar-refractivity contribution is 0.330. The molecule has 1 nitrogen and oxygen atoms in total. The molecule has 1 aliphatic rings. The summed E-state index contributed by atoms with van der Waals surface area (Å²) in [5.74, 6) is 0.406. The number of hydrogen-bond acceptors (Lipinski definition) is 1. The Hall–Kier alpha value is -0.600. The molecular weight excluding hydrogens is 261 g/mol. The Morgan fingerprint density at radius 2 is 1.95 bits per heavy atom. The maximum absolute atomic E-state index is 14.0. The Morgan fingerprint density at radius 3 is 2.58 bits per heavy atom. The number of benzene rings is 1. The highest BCUT2D eigenvalue weighted by Crippen LogP contribution is 2.28. The van der Waals surface area contributed by atoms with E-state index in [1.807, 2.05) is 19.2 Å². The minimum Gasteiger partial charge on any atom is -0.316 e. The normalized spacial score (nSPS) is 19.1. The van der Waals surface area contributed by atoms with Gasteiger partial charge in [0.2, 0.25) is 0 Å². The smallest absolute Gasteiger partial charge is 0.145 e. The molecule has 1 N–H and O–H groups in total. The highest BCUT2D eigenvalue weighted by molar-refractivity contribution is 6.30. The molecular formula is C16H23ClFN. The SMILES string of the molecule is CNC(Cc1cccc(Cl)c1F)C1CCCCCC1. The summed E-state index contributed by atoms with van der Waals surface area (Å²) in [5, 5.41) is 3.61. The van der Waals surface area contributed by atoms with Crippen molar-refractivity contribution in [2.24, 2.45) is 5.92 Å². The van der Waals surface area contributed by atoms with E-state index in [0.717, 1.165) is 12.0 Å². The van der Waals surface area contributed by atoms with E-state index in [2.05, 4.69) is 5.32 Å². The molecule has 0 heterocycles. The fourth-order valence-electron chi connectivity index (χ4n) is 3.16. The van der Waals surface area contributed by atoms with E-state index >= 15 is 0 Å². The standard InChI is InChI=1S/C16H23ClFN/c1-19-15(12-7-4-2-3-5-8-12)11-13-9-6-10-14(17)16(13)18/h6,9-10,12,15,19H,2-5,7-8,11H2,1H3. The molecule has 2 rings (SSSR count). The van der Waals surface area contributed by atoms with Gasteiger partial charge in [0.05, 0.1) is 5.02 Å². The molecule has 1 fully saturated rings. The second-order valence-corrected chi connectivity index (χ2v) is 5.97. The molecule has 19 heavy (non-hydrogen) atoms. The third-order valence-electron chi connectivity index (χ3n) is 4.31. The molecule has 0 saturated heterocycles. The summed E-state index contributed by atoms with van der Waals surface area (Å²) in [4.78, 5) is 0. The van der Waals surface area contributed by atoms with E-state index in [0.29, 0.717) is 12.0 Å². The molecule has 0 spiro atoms. The number of halogens is 2. The van der Waals surface area contributed by atoms with Crippen molar-refractivity contribution < 1.29 is 4.39 Å². The van der Waals surface area contributed by atoms with Crippen LogP contribution in [0.15, 0.2) is 18.2 Å². The van der Waals surface area contributed by atoms with Crippen molar-refractivity contribution in [3.63, 3.8) is 0 Å². The Morgan fingerprint density at radius 1 is 1.26 bits per heavy atom. The van der Waals surface area contributed by atoms with Gasteiger partial charge in [-0.15, -0.1) is 0 Å². The van der Waals surface area contributed by atoms with Gasteiger partial charge in [-0.05, 0) is 43.9 Å². The van der Waals surface area contributed by atoms with Crippen LogP contribution in [-0.4, -0.2) is 13.1 Å². The third kappa shape index (κ3) is 3.93. The van der Waals surface area contributed by atoms with Crippen LogP contribution in [0.1, 0.15) is 44.1 Å². The zero-order valence-corrected chi connectivity index (χ0v) is 12.3. The van der Waals surface area contributed by atoms with E-state index < -0.39 is 0 Å². The van der Waals surface area contributed by atoms with E-state index in [1.54, 1.807) is 6.07 Å². The summed E-state index contributed by atoms with van der Waals surface area (Å²) >= 11 is 5.86. The van der Waals surface area contributed by atoms with Crippen LogP contribution in [0, 0.1) is 11.7 Å².